The van der Waals surface area contributed by atoms with E-state index >= 15 is 0 Å². The molecule has 2 unspecified atom stereocenters. The summed E-state index contributed by atoms with van der Waals surface area (Å²) in [6.45, 7) is 2.78. The molecule has 21 nitrogen and oxygen atoms in total. The van der Waals surface area contributed by atoms with Gasteiger partial charge < -0.3 is 44.0 Å². The van der Waals surface area contributed by atoms with Crippen molar-refractivity contribution in [3.63, 3.8) is 0 Å². The van der Waals surface area contributed by atoms with Crippen molar-refractivity contribution in [2.75, 3.05) is 57.0 Å². The molecule has 1 saturated heterocycles. The van der Waals surface area contributed by atoms with E-state index in [4.69, 9.17) is 23.7 Å². The van der Waals surface area contributed by atoms with Gasteiger partial charge in [0.1, 0.15) is 42.8 Å². The third-order valence-electron chi connectivity index (χ3n) is 10.4. The maximum Gasteiger partial charge on any atom is 0.434 e. The van der Waals surface area contributed by atoms with Crippen LogP contribution >= 0.6 is 15.9 Å². The number of nitrogens with zero attached hydrogens (tertiary/aromatic N) is 7. The van der Waals surface area contributed by atoms with Crippen molar-refractivity contribution in [1.82, 2.24) is 29.7 Å². The Kier molecular flexibility index (Phi) is 14.2. The summed E-state index contributed by atoms with van der Waals surface area (Å²) in [6.07, 6.45) is 1.94. The predicted octanol–water partition coefficient (Wildman–Crippen LogP) is 4.24. The largest absolute Gasteiger partial charge is 0.493 e. The number of rotatable bonds is 20. The third kappa shape index (κ3) is 9.84. The molecule has 7 rings (SSSR count). The lowest BCUT2D eigenvalue weighted by Crippen LogP contribution is -2.54. The number of nitrogens with one attached hydrogen (secondary N) is 2. The molecule has 3 aromatic carbocycles. The Hall–Kier alpha value is -6.88. The SMILES string of the molecule is COc1cc2ncnc(N(Cc3cnc([N+](=O)[O-])n3C)c3cccc(Br)c3)c2cc1OCCOCCOCCOC(C)C(=O)Nc1cccc2c1C(=O)N(C1CCC(=O)NC1=O)C2=O. The number of anilines is 3. The Bertz CT molecular complexity index is 2620. The van der Waals surface area contributed by atoms with Gasteiger partial charge in [-0.3, -0.25) is 34.2 Å². The van der Waals surface area contributed by atoms with Crippen LogP contribution in [0.2, 0.25) is 0 Å². The summed E-state index contributed by atoms with van der Waals surface area (Å²) in [5.41, 5.74) is 2.00. The van der Waals surface area contributed by atoms with E-state index in [1.165, 1.54) is 49.3 Å². The minimum atomic E-state index is -1.13. The summed E-state index contributed by atoms with van der Waals surface area (Å²) in [5.74, 6) is -2.12. The Morgan fingerprint density at radius 1 is 0.984 bits per heavy atom. The van der Waals surface area contributed by atoms with Gasteiger partial charge in [-0.15, -0.1) is 0 Å². The van der Waals surface area contributed by atoms with Gasteiger partial charge in [-0.2, -0.15) is 0 Å². The molecule has 0 bridgehead atoms. The highest BCUT2D eigenvalue weighted by atomic mass is 79.9. The first-order valence-electron chi connectivity index (χ1n) is 19.9. The molecule has 4 heterocycles. The molecule has 1 fully saturated rings. The van der Waals surface area contributed by atoms with Crippen LogP contribution in [0.5, 0.6) is 11.5 Å². The zero-order valence-corrected chi connectivity index (χ0v) is 36.4. The second-order valence-electron chi connectivity index (χ2n) is 14.4. The Balaban J connectivity index is 0.876. The van der Waals surface area contributed by atoms with Gasteiger partial charge in [-0.05, 0) is 54.7 Å². The molecule has 2 aliphatic rings. The summed E-state index contributed by atoms with van der Waals surface area (Å²) >= 11 is 3.54. The lowest BCUT2D eigenvalue weighted by atomic mass is 10.0. The van der Waals surface area contributed by atoms with Crippen LogP contribution in [0.1, 0.15) is 46.2 Å². The molecule has 2 aromatic heterocycles. The Labute approximate surface area is 373 Å². The summed E-state index contributed by atoms with van der Waals surface area (Å²) in [4.78, 5) is 90.3. The second kappa shape index (κ2) is 20.1. The fraction of sp³-hybridized carbons (Fsp3) is 0.333. The molecule has 2 atom stereocenters. The maximum absolute atomic E-state index is 13.3. The molecule has 22 heteroatoms. The van der Waals surface area contributed by atoms with Crippen molar-refractivity contribution in [2.45, 2.75) is 38.5 Å². The minimum absolute atomic E-state index is 0.00896. The van der Waals surface area contributed by atoms with Crippen molar-refractivity contribution in [3.8, 4) is 11.5 Å². The van der Waals surface area contributed by atoms with Gasteiger partial charge in [0, 0.05) is 28.0 Å². The van der Waals surface area contributed by atoms with Crippen LogP contribution in [-0.2, 0) is 42.2 Å². The highest BCUT2D eigenvalue weighted by molar-refractivity contribution is 9.10. The monoisotopic (exact) mass is 943 g/mol. The zero-order chi connectivity index (χ0) is 45.5. The standard InChI is InChI=1S/C42H42BrN9O12/c1-24(38(54)47-30-9-5-8-28-36(30)41(57)51(40(28)56)32-10-11-35(53)48-39(32)55)63-16-14-61-12-13-62-15-17-64-34-19-29-31(20-33(34)60-3)45-23-46-37(29)50(26-7-4-6-25(43)18-26)22-27-21-44-42(49(27)2)52(58)59/h4-9,18-21,23-24,32H,10-17,22H2,1-3H3,(H,47,54)(H,48,53,55). The summed E-state index contributed by atoms with van der Waals surface area (Å²) in [5, 5.41) is 17.0. The molecule has 5 aromatic rings. The van der Waals surface area contributed by atoms with Gasteiger partial charge in [0.2, 0.25) is 11.8 Å². The van der Waals surface area contributed by atoms with E-state index in [2.05, 4.69) is 41.5 Å². The van der Waals surface area contributed by atoms with Crippen LogP contribution in [-0.4, -0.2) is 118 Å². The first-order chi connectivity index (χ1) is 30.9. The number of halogens is 1. The van der Waals surface area contributed by atoms with Gasteiger partial charge in [0.25, 0.3) is 17.7 Å². The summed E-state index contributed by atoms with van der Waals surface area (Å²) in [7, 11) is 3.10. The van der Waals surface area contributed by atoms with E-state index < -0.39 is 46.6 Å². The molecular weight excluding hydrogens is 902 g/mol. The van der Waals surface area contributed by atoms with Crippen molar-refractivity contribution < 1.29 is 52.6 Å². The normalized spacial score (nSPS) is 15.2. The van der Waals surface area contributed by atoms with Crippen LogP contribution in [0.3, 0.4) is 0 Å². The number of imidazole rings is 1. The van der Waals surface area contributed by atoms with Crippen molar-refractivity contribution in [1.29, 1.82) is 0 Å². The van der Waals surface area contributed by atoms with E-state index in [9.17, 15) is 34.1 Å². The van der Waals surface area contributed by atoms with E-state index in [1.54, 1.807) is 19.2 Å². The lowest BCUT2D eigenvalue weighted by molar-refractivity contribution is -0.396. The Morgan fingerprint density at radius 2 is 1.73 bits per heavy atom. The average Bonchev–Trinajstić information content (AvgIpc) is 3.77. The average molecular weight is 945 g/mol. The van der Waals surface area contributed by atoms with Gasteiger partial charge in [0.15, 0.2) is 11.5 Å². The Morgan fingerprint density at radius 3 is 2.45 bits per heavy atom. The van der Waals surface area contributed by atoms with E-state index in [-0.39, 0.29) is 81.8 Å². The van der Waals surface area contributed by atoms with Crippen LogP contribution < -0.4 is 25.0 Å². The number of carbonyl (C=O) groups excluding carboxylic acids is 5. The summed E-state index contributed by atoms with van der Waals surface area (Å²) < 4.78 is 30.9. The molecule has 0 radical (unpaired) electrons. The van der Waals surface area contributed by atoms with Crippen LogP contribution in [0.25, 0.3) is 10.9 Å². The number of fused-ring (bicyclic) bond motifs is 2. The number of aromatic nitrogens is 4. The number of hydrogen-bond donors (Lipinski definition) is 2. The van der Waals surface area contributed by atoms with Gasteiger partial charge >= 0.3 is 5.95 Å². The third-order valence-corrected chi connectivity index (χ3v) is 10.9. The van der Waals surface area contributed by atoms with Crippen LogP contribution in [0.15, 0.2) is 71.6 Å². The van der Waals surface area contributed by atoms with Gasteiger partial charge in [-0.1, -0.05) is 33.0 Å². The number of hydrogen-bond acceptors (Lipinski definition) is 16. The van der Waals surface area contributed by atoms with Gasteiger partial charge in [-0.25, -0.2) is 14.5 Å². The van der Waals surface area contributed by atoms with E-state index in [1.807, 2.05) is 29.2 Å². The molecule has 0 spiro atoms. The number of methoxy groups -OCH3 is 1. The number of imide groups is 2. The highest BCUT2D eigenvalue weighted by Crippen LogP contribution is 2.38. The first kappa shape index (κ1) is 45.2. The number of ether oxygens (including phenoxy) is 5. The number of amides is 5. The number of carbonyl (C=O) groups is 5. The zero-order valence-electron chi connectivity index (χ0n) is 34.8. The van der Waals surface area contributed by atoms with E-state index in [0.29, 0.717) is 33.9 Å². The second-order valence-corrected chi connectivity index (χ2v) is 15.3. The number of nitro groups is 1. The topological polar surface area (TPSA) is 249 Å². The predicted molar refractivity (Wildman–Crippen MR) is 230 cm³/mol. The molecule has 0 aliphatic carbocycles. The molecule has 2 aliphatic heterocycles. The highest BCUT2D eigenvalue weighted by Gasteiger charge is 2.46. The van der Waals surface area contributed by atoms with Crippen molar-refractivity contribution in [2.24, 2.45) is 7.05 Å². The van der Waals surface area contributed by atoms with Gasteiger partial charge in [0.05, 0.1) is 76.1 Å². The fourth-order valence-electron chi connectivity index (χ4n) is 7.13. The van der Waals surface area contributed by atoms with Crippen molar-refractivity contribution >= 4 is 79.5 Å². The van der Waals surface area contributed by atoms with E-state index in [0.717, 1.165) is 15.1 Å². The first-order valence-corrected chi connectivity index (χ1v) is 20.7. The summed E-state index contributed by atoms with van der Waals surface area (Å²) in [6, 6.07) is 14.4. The molecule has 0 saturated carbocycles. The molecule has 334 valence electrons. The molecular formula is C42H42BrN9O12. The number of piperidine rings is 1. The lowest BCUT2D eigenvalue weighted by Gasteiger charge is -2.27. The number of benzene rings is 3. The van der Waals surface area contributed by atoms with Crippen LogP contribution in [0.4, 0.5) is 23.1 Å². The molecule has 2 N–H and O–H groups in total. The quantitative estimate of drug-likeness (QED) is 0.0479. The minimum Gasteiger partial charge on any atom is -0.493 e. The van der Waals surface area contributed by atoms with Crippen molar-refractivity contribution in [3.05, 3.63) is 98.5 Å². The van der Waals surface area contributed by atoms with Crippen LogP contribution in [0, 0.1) is 10.1 Å². The maximum atomic E-state index is 13.3. The molecule has 5 amide bonds. The smallest absolute Gasteiger partial charge is 0.434 e. The fourth-order valence-corrected chi connectivity index (χ4v) is 7.52. The molecule has 64 heavy (non-hydrogen) atoms.